The Morgan fingerprint density at radius 2 is 1.59 bits per heavy atom. The first-order valence-corrected chi connectivity index (χ1v) is 8.02. The topological polar surface area (TPSA) is 111 Å². The Kier molecular flexibility index (Phi) is 6.26. The van der Waals surface area contributed by atoms with Crippen molar-refractivity contribution in [3.05, 3.63) is 0 Å². The van der Waals surface area contributed by atoms with Gasteiger partial charge < -0.3 is 20.9 Å². The summed E-state index contributed by atoms with van der Waals surface area (Å²) in [7, 11) is 0. The number of carboxylic acid groups (broad SMARTS) is 1. The first kappa shape index (κ1) is 21.7. The first-order chi connectivity index (χ1) is 12.3. The van der Waals surface area contributed by atoms with Gasteiger partial charge in [0.2, 0.25) is 5.91 Å². The number of rotatable bonds is 3. The number of aliphatic carboxylic acids is 1. The zero-order valence-corrected chi connectivity index (χ0v) is 13.7. The van der Waals surface area contributed by atoms with E-state index in [4.69, 9.17) is 20.4 Å². The molecule has 1 saturated carbocycles. The number of amides is 1. The number of carbonyl (C=O) groups is 2. The lowest BCUT2D eigenvalue weighted by atomic mass is 9.84. The molecule has 4 atom stereocenters. The van der Waals surface area contributed by atoms with E-state index in [-0.39, 0.29) is 49.0 Å². The molecule has 1 amide bonds. The number of hydrogen-bond acceptors (Lipinski definition) is 5. The molecule has 2 bridgehead atoms. The molecule has 156 valence electrons. The first-order valence-electron chi connectivity index (χ1n) is 8.02. The highest BCUT2D eigenvalue weighted by atomic mass is 19.4. The summed E-state index contributed by atoms with van der Waals surface area (Å²) in [5.41, 5.74) is 5.82. The lowest BCUT2D eigenvalue weighted by Crippen LogP contribution is -2.52. The lowest BCUT2D eigenvalue weighted by Gasteiger charge is -2.36. The van der Waals surface area contributed by atoms with Gasteiger partial charge in [-0.3, -0.25) is 9.53 Å². The van der Waals surface area contributed by atoms with Crippen LogP contribution in [0.4, 0.5) is 26.3 Å². The highest BCUT2D eigenvalue weighted by Crippen LogP contribution is 2.39. The maximum Gasteiger partial charge on any atom is 0.522 e. The van der Waals surface area contributed by atoms with E-state index in [9.17, 15) is 31.1 Å². The second-order valence-electron chi connectivity index (χ2n) is 6.62. The quantitative estimate of drug-likeness (QED) is 0.608. The summed E-state index contributed by atoms with van der Waals surface area (Å²) >= 11 is 0. The van der Waals surface area contributed by atoms with E-state index in [1.165, 1.54) is 0 Å². The largest absolute Gasteiger partial charge is 0.522 e. The SMILES string of the molecule is N[C@@H]1C[C@@H]2O[C@H]1C[C@H]2C(=O)N[C@H]1C[C@@H](OC(F)(F)F)C1.O=C(O)C(F)(F)F. The van der Waals surface area contributed by atoms with E-state index in [1.54, 1.807) is 0 Å². The summed E-state index contributed by atoms with van der Waals surface area (Å²) in [5, 5.41) is 9.89. The van der Waals surface area contributed by atoms with Crippen LogP contribution in [-0.4, -0.2) is 59.9 Å². The van der Waals surface area contributed by atoms with Crippen molar-refractivity contribution in [2.24, 2.45) is 11.7 Å². The molecule has 3 aliphatic rings. The maximum absolute atomic E-state index is 12.0. The monoisotopic (exact) mass is 408 g/mol. The number of hydrogen-bond donors (Lipinski definition) is 3. The van der Waals surface area contributed by atoms with Gasteiger partial charge in [-0.25, -0.2) is 4.79 Å². The molecule has 2 saturated heterocycles. The van der Waals surface area contributed by atoms with E-state index >= 15 is 0 Å². The van der Waals surface area contributed by atoms with Gasteiger partial charge in [-0.1, -0.05) is 0 Å². The normalized spacial score (nSPS) is 35.1. The van der Waals surface area contributed by atoms with Crippen LogP contribution in [0.2, 0.25) is 0 Å². The number of carboxylic acids is 1. The minimum absolute atomic E-state index is 0.00248. The van der Waals surface area contributed by atoms with Gasteiger partial charge in [0.1, 0.15) is 0 Å². The molecule has 0 aromatic rings. The standard InChI is InChI=1S/C12H17F3N2O3.C2HF3O2/c13-12(14,15)20-6-1-5(2-6)17-11(18)7-3-10-8(16)4-9(7)19-10;3-2(4,5)1(6)7/h5-10H,1-4,16H2,(H,17,18);(H,6,7)/t5-,6+,7-,8-,9+,10+;/m1./s1. The molecule has 7 nitrogen and oxygen atoms in total. The summed E-state index contributed by atoms with van der Waals surface area (Å²) in [6, 6.07) is -0.236. The number of ether oxygens (including phenoxy) is 2. The van der Waals surface area contributed by atoms with Gasteiger partial charge in [0.05, 0.1) is 24.2 Å². The number of alkyl halides is 6. The van der Waals surface area contributed by atoms with Gasteiger partial charge in [-0.2, -0.15) is 13.2 Å². The molecule has 2 aliphatic heterocycles. The maximum atomic E-state index is 12.0. The van der Waals surface area contributed by atoms with Crippen LogP contribution in [0.1, 0.15) is 25.7 Å². The second kappa shape index (κ2) is 7.80. The highest BCUT2D eigenvalue weighted by Gasteiger charge is 2.49. The van der Waals surface area contributed by atoms with Crippen molar-refractivity contribution in [2.75, 3.05) is 0 Å². The van der Waals surface area contributed by atoms with E-state index < -0.39 is 24.6 Å². The fraction of sp³-hybridized carbons (Fsp3) is 0.857. The Balaban J connectivity index is 0.000000321. The third-order valence-electron chi connectivity index (χ3n) is 4.59. The number of fused-ring (bicyclic) bond motifs is 2. The predicted molar refractivity (Wildman–Crippen MR) is 75.1 cm³/mol. The van der Waals surface area contributed by atoms with Crippen LogP contribution in [0.25, 0.3) is 0 Å². The minimum atomic E-state index is -5.08. The molecular weight excluding hydrogens is 390 g/mol. The van der Waals surface area contributed by atoms with Crippen LogP contribution >= 0.6 is 0 Å². The van der Waals surface area contributed by atoms with Gasteiger partial charge in [0, 0.05) is 12.1 Å². The predicted octanol–water partition coefficient (Wildman–Crippen LogP) is 1.31. The summed E-state index contributed by atoms with van der Waals surface area (Å²) < 4.78 is 77.1. The van der Waals surface area contributed by atoms with Crippen molar-refractivity contribution in [1.29, 1.82) is 0 Å². The smallest absolute Gasteiger partial charge is 0.475 e. The Morgan fingerprint density at radius 1 is 1.04 bits per heavy atom. The highest BCUT2D eigenvalue weighted by molar-refractivity contribution is 5.80. The number of nitrogens with two attached hydrogens (primary N) is 1. The van der Waals surface area contributed by atoms with Crippen LogP contribution < -0.4 is 11.1 Å². The summed E-state index contributed by atoms with van der Waals surface area (Å²) in [6.45, 7) is 0. The summed E-state index contributed by atoms with van der Waals surface area (Å²) in [5.74, 6) is -3.12. The van der Waals surface area contributed by atoms with Crippen LogP contribution in [0.15, 0.2) is 0 Å². The zero-order valence-electron chi connectivity index (χ0n) is 13.7. The molecule has 4 N–H and O–H groups in total. The van der Waals surface area contributed by atoms with E-state index in [1.807, 2.05) is 0 Å². The van der Waals surface area contributed by atoms with Crippen LogP contribution in [-0.2, 0) is 19.1 Å². The molecule has 2 heterocycles. The minimum Gasteiger partial charge on any atom is -0.475 e. The Hall–Kier alpha value is -1.60. The molecule has 0 unspecified atom stereocenters. The third-order valence-corrected chi connectivity index (χ3v) is 4.59. The van der Waals surface area contributed by atoms with Crippen molar-refractivity contribution in [1.82, 2.24) is 5.32 Å². The van der Waals surface area contributed by atoms with Crippen molar-refractivity contribution in [3.63, 3.8) is 0 Å². The van der Waals surface area contributed by atoms with E-state index in [0.29, 0.717) is 12.8 Å². The Bertz CT molecular complexity index is 561. The second-order valence-corrected chi connectivity index (χ2v) is 6.62. The Labute approximate surface area is 149 Å². The van der Waals surface area contributed by atoms with E-state index in [2.05, 4.69) is 10.1 Å². The van der Waals surface area contributed by atoms with Crippen molar-refractivity contribution >= 4 is 11.9 Å². The molecule has 13 heteroatoms. The number of halogens is 6. The van der Waals surface area contributed by atoms with Crippen molar-refractivity contribution in [2.45, 2.75) is 68.6 Å². The van der Waals surface area contributed by atoms with Crippen LogP contribution in [0.3, 0.4) is 0 Å². The average molecular weight is 408 g/mol. The van der Waals surface area contributed by atoms with Crippen LogP contribution in [0, 0.1) is 5.92 Å². The fourth-order valence-electron chi connectivity index (χ4n) is 3.25. The average Bonchev–Trinajstić information content (AvgIpc) is 3.02. The number of carbonyl (C=O) groups excluding carboxylic acids is 1. The lowest BCUT2D eigenvalue weighted by molar-refractivity contribution is -0.351. The summed E-state index contributed by atoms with van der Waals surface area (Å²) in [6.07, 6.45) is -9.05. The summed E-state index contributed by atoms with van der Waals surface area (Å²) in [4.78, 5) is 20.9. The van der Waals surface area contributed by atoms with Crippen molar-refractivity contribution < 1.29 is 50.5 Å². The molecule has 27 heavy (non-hydrogen) atoms. The molecular formula is C14H18F6N2O5. The number of nitrogens with one attached hydrogen (secondary N) is 1. The van der Waals surface area contributed by atoms with E-state index in [0.717, 1.165) is 0 Å². The molecule has 0 aromatic carbocycles. The van der Waals surface area contributed by atoms with Crippen molar-refractivity contribution in [3.8, 4) is 0 Å². The third kappa shape index (κ3) is 5.94. The molecule has 0 aromatic heterocycles. The van der Waals surface area contributed by atoms with Gasteiger partial charge in [0.25, 0.3) is 0 Å². The molecule has 0 radical (unpaired) electrons. The molecule has 0 spiro atoms. The van der Waals surface area contributed by atoms with Crippen LogP contribution in [0.5, 0.6) is 0 Å². The Morgan fingerprint density at radius 3 is 1.96 bits per heavy atom. The van der Waals surface area contributed by atoms with Gasteiger partial charge in [-0.05, 0) is 25.7 Å². The van der Waals surface area contributed by atoms with Gasteiger partial charge >= 0.3 is 18.5 Å². The van der Waals surface area contributed by atoms with Gasteiger partial charge in [0.15, 0.2) is 0 Å². The zero-order chi connectivity index (χ0) is 20.6. The molecule has 3 fully saturated rings. The fourth-order valence-corrected chi connectivity index (χ4v) is 3.25. The van der Waals surface area contributed by atoms with Gasteiger partial charge in [-0.15, -0.1) is 13.2 Å². The molecule has 3 rings (SSSR count). The molecule has 1 aliphatic carbocycles.